The molecule has 2 aromatic carbocycles. The fourth-order valence-corrected chi connectivity index (χ4v) is 3.33. The minimum absolute atomic E-state index is 0.166. The predicted octanol–water partition coefficient (Wildman–Crippen LogP) is 3.38. The van der Waals surface area contributed by atoms with E-state index in [1.807, 2.05) is 25.1 Å². The number of nitrogens with one attached hydrogen (secondary N) is 1. The van der Waals surface area contributed by atoms with Gasteiger partial charge in [0.05, 0.1) is 21.3 Å². The molecule has 0 unspecified atom stereocenters. The lowest BCUT2D eigenvalue weighted by Crippen LogP contribution is -2.24. The number of carbonyl (C=O) groups excluding carboxylic acids is 1. The van der Waals surface area contributed by atoms with E-state index in [4.69, 9.17) is 18.6 Å². The van der Waals surface area contributed by atoms with Gasteiger partial charge in [-0.2, -0.15) is 0 Å². The molecule has 0 fully saturated rings. The Morgan fingerprint density at radius 3 is 2.40 bits per heavy atom. The first-order chi connectivity index (χ1) is 14.5. The highest BCUT2D eigenvalue weighted by molar-refractivity contribution is 5.82. The number of rotatable bonds is 8. The zero-order valence-electron chi connectivity index (χ0n) is 17.5. The predicted molar refractivity (Wildman–Crippen MR) is 113 cm³/mol. The second-order valence-electron chi connectivity index (χ2n) is 6.81. The Kier molecular flexibility index (Phi) is 6.61. The van der Waals surface area contributed by atoms with Gasteiger partial charge in [-0.05, 0) is 49.2 Å². The van der Waals surface area contributed by atoms with Crippen molar-refractivity contribution >= 4 is 16.9 Å². The molecular weight excluding hydrogens is 386 g/mol. The van der Waals surface area contributed by atoms with Crippen LogP contribution in [0.2, 0.25) is 0 Å². The van der Waals surface area contributed by atoms with Gasteiger partial charge >= 0.3 is 5.63 Å². The molecule has 0 atom stereocenters. The van der Waals surface area contributed by atoms with Gasteiger partial charge in [0.1, 0.15) is 22.8 Å². The van der Waals surface area contributed by atoms with E-state index < -0.39 is 5.63 Å². The second kappa shape index (κ2) is 9.35. The lowest BCUT2D eigenvalue weighted by atomic mass is 10.0. The quantitative estimate of drug-likeness (QED) is 0.572. The van der Waals surface area contributed by atoms with Crippen molar-refractivity contribution in [2.45, 2.75) is 26.3 Å². The van der Waals surface area contributed by atoms with Gasteiger partial charge in [0.25, 0.3) is 0 Å². The van der Waals surface area contributed by atoms with E-state index in [-0.39, 0.29) is 18.7 Å². The third kappa shape index (κ3) is 4.56. The smallest absolute Gasteiger partial charge is 0.339 e. The molecule has 1 N–H and O–H groups in total. The molecule has 0 radical (unpaired) electrons. The fraction of sp³-hybridized carbons (Fsp3) is 0.304. The number of methoxy groups -OCH3 is 3. The third-order valence-electron chi connectivity index (χ3n) is 5.06. The van der Waals surface area contributed by atoms with E-state index >= 15 is 0 Å². The lowest BCUT2D eigenvalue weighted by molar-refractivity contribution is -0.121. The van der Waals surface area contributed by atoms with Crippen molar-refractivity contribution in [3.63, 3.8) is 0 Å². The van der Waals surface area contributed by atoms with Crippen molar-refractivity contribution in [2.75, 3.05) is 21.3 Å². The molecule has 0 saturated heterocycles. The summed E-state index contributed by atoms with van der Waals surface area (Å²) in [6, 6.07) is 10.7. The Hall–Kier alpha value is -3.48. The Labute approximate surface area is 174 Å². The van der Waals surface area contributed by atoms with Crippen molar-refractivity contribution < 1.29 is 23.4 Å². The van der Waals surface area contributed by atoms with Gasteiger partial charge in [-0.25, -0.2) is 4.79 Å². The zero-order valence-corrected chi connectivity index (χ0v) is 17.5. The van der Waals surface area contributed by atoms with Gasteiger partial charge in [0, 0.05) is 35.5 Å². The standard InChI is InChI=1S/C23H25NO6/c1-14-18-7-5-17(28-3)12-21(18)30-23(26)19(14)8-10-22(25)24-13-15-11-16(27-2)6-9-20(15)29-4/h5-7,9,11-12H,8,10,13H2,1-4H3,(H,24,25). The highest BCUT2D eigenvalue weighted by Crippen LogP contribution is 2.25. The summed E-state index contributed by atoms with van der Waals surface area (Å²) in [5, 5.41) is 3.69. The molecule has 0 aliphatic heterocycles. The minimum Gasteiger partial charge on any atom is -0.497 e. The molecule has 0 aliphatic rings. The Morgan fingerprint density at radius 1 is 1.00 bits per heavy atom. The summed E-state index contributed by atoms with van der Waals surface area (Å²) in [5.74, 6) is 1.79. The molecule has 158 valence electrons. The van der Waals surface area contributed by atoms with Crippen LogP contribution in [0.15, 0.2) is 45.6 Å². The summed E-state index contributed by atoms with van der Waals surface area (Å²) in [6.07, 6.45) is 0.455. The highest BCUT2D eigenvalue weighted by Gasteiger charge is 2.14. The SMILES string of the molecule is COc1ccc(OC)c(CNC(=O)CCc2c(C)c3ccc(OC)cc3oc2=O)c1. The van der Waals surface area contributed by atoms with Crippen LogP contribution < -0.4 is 25.2 Å². The van der Waals surface area contributed by atoms with Crippen LogP contribution in [0.25, 0.3) is 11.0 Å². The Morgan fingerprint density at radius 2 is 1.70 bits per heavy atom. The molecule has 1 amide bonds. The summed E-state index contributed by atoms with van der Waals surface area (Å²) in [7, 11) is 4.71. The van der Waals surface area contributed by atoms with Crippen molar-refractivity contribution in [3.8, 4) is 17.2 Å². The van der Waals surface area contributed by atoms with Crippen LogP contribution >= 0.6 is 0 Å². The average Bonchev–Trinajstić information content (AvgIpc) is 2.76. The maximum Gasteiger partial charge on any atom is 0.339 e. The first-order valence-electron chi connectivity index (χ1n) is 9.54. The van der Waals surface area contributed by atoms with Crippen LogP contribution in [0.1, 0.15) is 23.1 Å². The number of hydrogen-bond acceptors (Lipinski definition) is 6. The number of hydrogen-bond donors (Lipinski definition) is 1. The van der Waals surface area contributed by atoms with Gasteiger partial charge in [-0.1, -0.05) is 0 Å². The minimum atomic E-state index is -0.435. The molecule has 3 aromatic rings. The summed E-state index contributed by atoms with van der Waals surface area (Å²) >= 11 is 0. The molecule has 1 aromatic heterocycles. The summed E-state index contributed by atoms with van der Waals surface area (Å²) in [5.41, 5.74) is 2.15. The number of carbonyl (C=O) groups is 1. The van der Waals surface area contributed by atoms with Crippen molar-refractivity contribution in [3.05, 3.63) is 63.5 Å². The first kappa shape index (κ1) is 21.2. The number of aryl methyl sites for hydroxylation is 1. The topological polar surface area (TPSA) is 87.0 Å². The maximum absolute atomic E-state index is 12.4. The third-order valence-corrected chi connectivity index (χ3v) is 5.06. The van der Waals surface area contributed by atoms with Crippen molar-refractivity contribution in [1.82, 2.24) is 5.32 Å². The largest absolute Gasteiger partial charge is 0.497 e. The molecule has 0 spiro atoms. The van der Waals surface area contributed by atoms with Crippen LogP contribution in [0, 0.1) is 6.92 Å². The van der Waals surface area contributed by atoms with E-state index in [0.717, 1.165) is 16.5 Å². The monoisotopic (exact) mass is 411 g/mol. The molecule has 7 nitrogen and oxygen atoms in total. The summed E-state index contributed by atoms with van der Waals surface area (Å²) in [6.45, 7) is 2.16. The number of fused-ring (bicyclic) bond motifs is 1. The van der Waals surface area contributed by atoms with Gasteiger partial charge in [0.15, 0.2) is 0 Å². The zero-order chi connectivity index (χ0) is 21.7. The van der Waals surface area contributed by atoms with Gasteiger partial charge < -0.3 is 23.9 Å². The molecule has 3 rings (SSSR count). The van der Waals surface area contributed by atoms with Crippen LogP contribution in [-0.4, -0.2) is 27.2 Å². The maximum atomic E-state index is 12.4. The number of benzene rings is 2. The van der Waals surface area contributed by atoms with Crippen molar-refractivity contribution in [1.29, 1.82) is 0 Å². The lowest BCUT2D eigenvalue weighted by Gasteiger charge is -2.12. The van der Waals surface area contributed by atoms with Crippen LogP contribution in [-0.2, 0) is 17.8 Å². The Bertz CT molecular complexity index is 1120. The van der Waals surface area contributed by atoms with Crippen LogP contribution in [0.4, 0.5) is 0 Å². The molecule has 0 bridgehead atoms. The average molecular weight is 411 g/mol. The van der Waals surface area contributed by atoms with Crippen molar-refractivity contribution in [2.24, 2.45) is 0 Å². The number of ether oxygens (including phenoxy) is 3. The molecule has 30 heavy (non-hydrogen) atoms. The second-order valence-corrected chi connectivity index (χ2v) is 6.81. The normalized spacial score (nSPS) is 10.7. The molecular formula is C23H25NO6. The molecule has 0 aliphatic carbocycles. The van der Waals surface area contributed by atoms with Crippen LogP contribution in [0.5, 0.6) is 17.2 Å². The van der Waals surface area contributed by atoms with E-state index in [2.05, 4.69) is 5.32 Å². The van der Waals surface area contributed by atoms with Crippen LogP contribution in [0.3, 0.4) is 0 Å². The summed E-state index contributed by atoms with van der Waals surface area (Å²) < 4.78 is 21.2. The van der Waals surface area contributed by atoms with Gasteiger partial charge in [0.2, 0.25) is 5.91 Å². The van der Waals surface area contributed by atoms with E-state index in [9.17, 15) is 9.59 Å². The van der Waals surface area contributed by atoms with Gasteiger partial charge in [-0.3, -0.25) is 4.79 Å². The van der Waals surface area contributed by atoms with E-state index in [1.54, 1.807) is 39.5 Å². The molecule has 1 heterocycles. The number of amides is 1. The summed E-state index contributed by atoms with van der Waals surface area (Å²) in [4.78, 5) is 24.8. The first-order valence-corrected chi connectivity index (χ1v) is 9.54. The Balaban J connectivity index is 1.69. The van der Waals surface area contributed by atoms with E-state index in [0.29, 0.717) is 34.9 Å². The molecule has 0 saturated carbocycles. The van der Waals surface area contributed by atoms with E-state index in [1.165, 1.54) is 0 Å². The van der Waals surface area contributed by atoms with Gasteiger partial charge in [-0.15, -0.1) is 0 Å². The molecule has 7 heteroatoms. The fourth-order valence-electron chi connectivity index (χ4n) is 3.33. The highest BCUT2D eigenvalue weighted by atomic mass is 16.5.